The van der Waals surface area contributed by atoms with Gasteiger partial charge in [0.2, 0.25) is 0 Å². The normalized spacial score (nSPS) is 11.4. The van der Waals surface area contributed by atoms with Crippen molar-refractivity contribution in [1.29, 1.82) is 0 Å². The van der Waals surface area contributed by atoms with Crippen molar-refractivity contribution in [3.63, 3.8) is 0 Å². The summed E-state index contributed by atoms with van der Waals surface area (Å²) in [6, 6.07) is 14.2. The van der Waals surface area contributed by atoms with E-state index in [0.29, 0.717) is 13.0 Å². The summed E-state index contributed by atoms with van der Waals surface area (Å²) < 4.78 is 20.9. The Morgan fingerprint density at radius 2 is 1.92 bits per heavy atom. The quantitative estimate of drug-likeness (QED) is 0.388. The summed E-state index contributed by atoms with van der Waals surface area (Å²) >= 11 is 0. The number of benzene rings is 2. The highest BCUT2D eigenvalue weighted by Gasteiger charge is 2.13. The molecule has 3 rings (SSSR count). The van der Waals surface area contributed by atoms with E-state index in [9.17, 15) is 4.39 Å². The van der Waals surface area contributed by atoms with Crippen LogP contribution in [0.4, 0.5) is 4.39 Å². The number of halogens is 1. The molecule has 1 heterocycles. The molecule has 0 saturated heterocycles. The van der Waals surface area contributed by atoms with Gasteiger partial charge in [-0.25, -0.2) is 9.37 Å². The Morgan fingerprint density at radius 3 is 2.62 bits per heavy atom. The van der Waals surface area contributed by atoms with Crippen molar-refractivity contribution in [3.8, 4) is 5.75 Å². The maximum atomic E-state index is 13.0. The van der Waals surface area contributed by atoms with Crippen molar-refractivity contribution in [1.82, 2.24) is 14.6 Å². The molecule has 0 radical (unpaired) electrons. The molecule has 1 aromatic heterocycles. The number of nitrogens with zero attached hydrogens (tertiary/aromatic N) is 4. The Balaban J connectivity index is 1.79. The van der Waals surface area contributed by atoms with Crippen LogP contribution in [-0.4, -0.2) is 41.1 Å². The van der Waals surface area contributed by atoms with E-state index in [-0.39, 0.29) is 5.82 Å². The van der Waals surface area contributed by atoms with Gasteiger partial charge in [-0.3, -0.25) is 4.57 Å². The lowest BCUT2D eigenvalue weighted by molar-refractivity contribution is 0.321. The molecular formula is C20H21FN4O. The molecule has 0 saturated carbocycles. The first-order valence-electron chi connectivity index (χ1n) is 8.34. The fraction of sp³-hybridized carbons (Fsp3) is 0.200. The molecule has 0 N–H and O–H groups in total. The average Bonchev–Trinajstić information content (AvgIpc) is 3.16. The zero-order valence-corrected chi connectivity index (χ0v) is 14.8. The molecule has 0 unspecified atom stereocenters. The number of hydrogen-bond acceptors (Lipinski definition) is 4. The maximum Gasteiger partial charge on any atom is 0.168 e. The molecular weight excluding hydrogens is 331 g/mol. The maximum absolute atomic E-state index is 13.0. The largest absolute Gasteiger partial charge is 0.492 e. The van der Waals surface area contributed by atoms with Gasteiger partial charge in [0.05, 0.1) is 12.2 Å². The van der Waals surface area contributed by atoms with Crippen molar-refractivity contribution in [2.45, 2.75) is 6.42 Å². The van der Waals surface area contributed by atoms with Crippen LogP contribution in [0.5, 0.6) is 5.75 Å². The molecule has 2 aromatic carbocycles. The van der Waals surface area contributed by atoms with E-state index in [1.807, 2.05) is 49.1 Å². The lowest BCUT2D eigenvalue weighted by Crippen LogP contribution is -2.18. The lowest BCUT2D eigenvalue weighted by Gasteiger charge is -2.16. The van der Waals surface area contributed by atoms with Gasteiger partial charge >= 0.3 is 0 Å². The van der Waals surface area contributed by atoms with Gasteiger partial charge in [0, 0.05) is 32.9 Å². The summed E-state index contributed by atoms with van der Waals surface area (Å²) in [6.07, 6.45) is 5.96. The van der Waals surface area contributed by atoms with Crippen molar-refractivity contribution < 1.29 is 9.13 Å². The number of imidazole rings is 1. The van der Waals surface area contributed by atoms with Crippen LogP contribution in [0.1, 0.15) is 11.1 Å². The fourth-order valence-corrected chi connectivity index (χ4v) is 2.53. The molecule has 0 fully saturated rings. The summed E-state index contributed by atoms with van der Waals surface area (Å²) in [6.45, 7) is 0.488. The Labute approximate surface area is 152 Å². The smallest absolute Gasteiger partial charge is 0.168 e. The van der Waals surface area contributed by atoms with Crippen LogP contribution >= 0.6 is 0 Å². The fourth-order valence-electron chi connectivity index (χ4n) is 2.53. The van der Waals surface area contributed by atoms with E-state index < -0.39 is 0 Å². The van der Waals surface area contributed by atoms with Gasteiger partial charge in [-0.05, 0) is 29.8 Å². The topological polar surface area (TPSA) is 42.6 Å². The molecule has 26 heavy (non-hydrogen) atoms. The van der Waals surface area contributed by atoms with Gasteiger partial charge in [-0.15, -0.1) is 0 Å². The standard InChI is InChI=1S/C20H21FN4O/c1-24(2)23-20(25-13-12-22-15-25)18-5-3-4-6-19(18)26-14-11-16-7-9-17(21)10-8-16/h3-10,12-13,15H,11,14H2,1-2H3. The number of para-hydroxylation sites is 1. The van der Waals surface area contributed by atoms with Gasteiger partial charge in [0.25, 0.3) is 0 Å². The minimum absolute atomic E-state index is 0.232. The van der Waals surface area contributed by atoms with E-state index in [4.69, 9.17) is 4.74 Å². The van der Waals surface area contributed by atoms with E-state index in [1.54, 1.807) is 29.7 Å². The predicted molar refractivity (Wildman–Crippen MR) is 99.9 cm³/mol. The number of ether oxygens (including phenoxy) is 1. The Hall–Kier alpha value is -3.15. The predicted octanol–water partition coefficient (Wildman–Crippen LogP) is 3.42. The van der Waals surface area contributed by atoms with E-state index in [2.05, 4.69) is 10.1 Å². The first-order chi connectivity index (χ1) is 12.6. The second kappa shape index (κ2) is 8.29. The number of rotatable bonds is 6. The minimum Gasteiger partial charge on any atom is -0.492 e. The molecule has 0 aliphatic rings. The second-order valence-electron chi connectivity index (χ2n) is 5.96. The van der Waals surface area contributed by atoms with Crippen LogP contribution in [0.3, 0.4) is 0 Å². The van der Waals surface area contributed by atoms with Crippen molar-refractivity contribution in [2.24, 2.45) is 5.10 Å². The molecule has 6 heteroatoms. The number of hydrogen-bond donors (Lipinski definition) is 0. The van der Waals surface area contributed by atoms with E-state index in [0.717, 1.165) is 22.7 Å². The molecule has 134 valence electrons. The third-order valence-corrected chi connectivity index (χ3v) is 3.73. The zero-order chi connectivity index (χ0) is 18.4. The molecule has 0 bridgehead atoms. The first-order valence-corrected chi connectivity index (χ1v) is 8.34. The van der Waals surface area contributed by atoms with Crippen LogP contribution in [0.2, 0.25) is 0 Å². The summed E-state index contributed by atoms with van der Waals surface area (Å²) in [5.74, 6) is 1.23. The van der Waals surface area contributed by atoms with Crippen LogP contribution in [0.25, 0.3) is 0 Å². The van der Waals surface area contributed by atoms with Gasteiger partial charge < -0.3 is 9.75 Å². The SMILES string of the molecule is CN(C)N=C(c1ccccc1OCCc1ccc(F)cc1)n1ccnc1. The van der Waals surface area contributed by atoms with Crippen molar-refractivity contribution in [3.05, 3.63) is 84.2 Å². The van der Waals surface area contributed by atoms with Crippen molar-refractivity contribution in [2.75, 3.05) is 20.7 Å². The summed E-state index contributed by atoms with van der Waals surface area (Å²) in [5, 5.41) is 6.32. The average molecular weight is 352 g/mol. The van der Waals surface area contributed by atoms with Gasteiger partial charge in [-0.1, -0.05) is 24.3 Å². The molecule has 5 nitrogen and oxygen atoms in total. The highest BCUT2D eigenvalue weighted by atomic mass is 19.1. The van der Waals surface area contributed by atoms with E-state index >= 15 is 0 Å². The number of aromatic nitrogens is 2. The monoisotopic (exact) mass is 352 g/mol. The zero-order valence-electron chi connectivity index (χ0n) is 14.8. The molecule has 0 spiro atoms. The van der Waals surface area contributed by atoms with Gasteiger partial charge in [0.1, 0.15) is 17.9 Å². The van der Waals surface area contributed by atoms with Crippen LogP contribution in [0, 0.1) is 5.82 Å². The Morgan fingerprint density at radius 1 is 1.15 bits per heavy atom. The molecule has 0 aliphatic heterocycles. The summed E-state index contributed by atoms with van der Waals surface area (Å²) in [4.78, 5) is 4.11. The van der Waals surface area contributed by atoms with Crippen LogP contribution < -0.4 is 4.74 Å². The summed E-state index contributed by atoms with van der Waals surface area (Å²) in [5.41, 5.74) is 1.90. The first kappa shape index (κ1) is 17.7. The minimum atomic E-state index is -0.232. The molecule has 0 aliphatic carbocycles. The second-order valence-corrected chi connectivity index (χ2v) is 5.96. The molecule has 0 atom stereocenters. The van der Waals surface area contributed by atoms with E-state index in [1.165, 1.54) is 12.1 Å². The highest BCUT2D eigenvalue weighted by molar-refractivity contribution is 6.02. The van der Waals surface area contributed by atoms with Crippen molar-refractivity contribution >= 4 is 5.84 Å². The van der Waals surface area contributed by atoms with Gasteiger partial charge in [0.15, 0.2) is 5.84 Å². The van der Waals surface area contributed by atoms with Crippen LogP contribution in [0.15, 0.2) is 72.4 Å². The number of hydrazone groups is 1. The third-order valence-electron chi connectivity index (χ3n) is 3.73. The Bertz CT molecular complexity index is 858. The molecule has 0 amide bonds. The molecule has 3 aromatic rings. The third kappa shape index (κ3) is 4.47. The highest BCUT2D eigenvalue weighted by Crippen LogP contribution is 2.20. The van der Waals surface area contributed by atoms with Crippen LogP contribution in [-0.2, 0) is 6.42 Å². The lowest BCUT2D eigenvalue weighted by atomic mass is 10.1. The van der Waals surface area contributed by atoms with Gasteiger partial charge in [-0.2, -0.15) is 5.10 Å². The summed E-state index contributed by atoms with van der Waals surface area (Å²) in [7, 11) is 3.74. The Kier molecular flexibility index (Phi) is 5.63.